The van der Waals surface area contributed by atoms with E-state index in [2.05, 4.69) is 6.92 Å². The van der Waals surface area contributed by atoms with Gasteiger partial charge in [0.1, 0.15) is 6.61 Å². The van der Waals surface area contributed by atoms with Gasteiger partial charge >= 0.3 is 0 Å². The van der Waals surface area contributed by atoms with Gasteiger partial charge in [-0.2, -0.15) is 0 Å². The van der Waals surface area contributed by atoms with Gasteiger partial charge in [0, 0.05) is 18.8 Å². The molecule has 1 aliphatic rings. The Labute approximate surface area is 151 Å². The first kappa shape index (κ1) is 22.0. The molecule has 144 valence electrons. The molecule has 5 atom stereocenters. The summed E-state index contributed by atoms with van der Waals surface area (Å²) in [6.07, 6.45) is 11.5. The Morgan fingerprint density at radius 1 is 1.20 bits per heavy atom. The molecule has 1 saturated carbocycles. The van der Waals surface area contributed by atoms with Crippen LogP contribution in [0, 0.1) is 11.8 Å². The third kappa shape index (κ3) is 8.27. The third-order valence-corrected chi connectivity index (χ3v) is 4.92. The average Bonchev–Trinajstić information content (AvgIpc) is 2.85. The molecule has 0 amide bonds. The molecule has 0 radical (unpaired) electrons. The fourth-order valence-corrected chi connectivity index (χ4v) is 3.36. The van der Waals surface area contributed by atoms with Crippen LogP contribution < -0.4 is 0 Å². The minimum Gasteiger partial charge on any atom is -0.393 e. The second-order valence-electron chi connectivity index (χ2n) is 7.00. The molecule has 0 aliphatic heterocycles. The summed E-state index contributed by atoms with van der Waals surface area (Å²) in [5.74, 6) is -0.433. The second kappa shape index (κ2) is 12.4. The van der Waals surface area contributed by atoms with Gasteiger partial charge < -0.3 is 20.4 Å². The van der Waals surface area contributed by atoms with E-state index in [0.29, 0.717) is 25.7 Å². The summed E-state index contributed by atoms with van der Waals surface area (Å²) in [6, 6.07) is 0. The predicted molar refractivity (Wildman–Crippen MR) is 98.0 cm³/mol. The van der Waals surface area contributed by atoms with Crippen LogP contribution in [0.25, 0.3) is 0 Å². The zero-order valence-electron chi connectivity index (χ0n) is 15.3. The van der Waals surface area contributed by atoms with Gasteiger partial charge in [-0.05, 0) is 25.2 Å². The van der Waals surface area contributed by atoms with Crippen molar-refractivity contribution < 1.29 is 25.2 Å². The van der Waals surface area contributed by atoms with Crippen LogP contribution in [0.4, 0.5) is 0 Å². The number of aliphatic hydroxyl groups excluding tert-OH is 4. The van der Waals surface area contributed by atoms with Gasteiger partial charge in [0.2, 0.25) is 0 Å². The van der Waals surface area contributed by atoms with Crippen molar-refractivity contribution in [3.63, 3.8) is 0 Å². The van der Waals surface area contributed by atoms with Gasteiger partial charge in [-0.3, -0.25) is 4.79 Å². The molecule has 1 aliphatic carbocycles. The van der Waals surface area contributed by atoms with Gasteiger partial charge in [0.25, 0.3) is 0 Å². The van der Waals surface area contributed by atoms with Crippen LogP contribution in [0.3, 0.4) is 0 Å². The van der Waals surface area contributed by atoms with Crippen LogP contribution in [-0.4, -0.2) is 51.1 Å². The van der Waals surface area contributed by atoms with Crippen LogP contribution >= 0.6 is 0 Å². The Hall–Kier alpha value is -1.01. The van der Waals surface area contributed by atoms with Gasteiger partial charge in [0.05, 0.1) is 18.3 Å². The average molecular weight is 354 g/mol. The van der Waals surface area contributed by atoms with Crippen molar-refractivity contribution in [2.24, 2.45) is 11.8 Å². The van der Waals surface area contributed by atoms with Gasteiger partial charge in [-0.15, -0.1) is 0 Å². The van der Waals surface area contributed by atoms with Gasteiger partial charge in [-0.25, -0.2) is 0 Å². The first-order valence-corrected chi connectivity index (χ1v) is 9.49. The fraction of sp³-hybridized carbons (Fsp3) is 0.750. The quantitative estimate of drug-likeness (QED) is 0.318. The molecular formula is C20H34O5. The number of unbranched alkanes of at least 4 members (excludes halogenated alkanes) is 2. The first-order chi connectivity index (χ1) is 12.0. The van der Waals surface area contributed by atoms with E-state index in [4.69, 9.17) is 5.11 Å². The highest BCUT2D eigenvalue weighted by molar-refractivity contribution is 5.79. The molecule has 25 heavy (non-hydrogen) atoms. The maximum absolute atomic E-state index is 11.0. The largest absolute Gasteiger partial charge is 0.393 e. The molecule has 0 aromatic rings. The lowest BCUT2D eigenvalue weighted by Gasteiger charge is -2.19. The van der Waals surface area contributed by atoms with E-state index in [1.54, 1.807) is 6.08 Å². The van der Waals surface area contributed by atoms with Crippen molar-refractivity contribution in [1.82, 2.24) is 0 Å². The molecule has 0 heterocycles. The standard InChI is InChI=1S/C20H34O5/c1-2-3-5-8-15(22)11-12-18-17(19(24)13-20(18)25)10-7-4-6-9-16(23)14-21/h4,7,11-12,15,17-22,24-25H,2-3,5-6,8-10,13-14H2,1H3/b7-4-,12-11+/t15-,17+,18+,19-,20+/m0/s1. The van der Waals surface area contributed by atoms with Gasteiger partial charge in [0.15, 0.2) is 5.78 Å². The predicted octanol–water partition coefficient (Wildman–Crippen LogP) is 2.13. The van der Waals surface area contributed by atoms with E-state index in [1.807, 2.05) is 18.2 Å². The van der Waals surface area contributed by atoms with Crippen molar-refractivity contribution in [1.29, 1.82) is 0 Å². The van der Waals surface area contributed by atoms with Crippen LogP contribution in [0.2, 0.25) is 0 Å². The van der Waals surface area contributed by atoms with Crippen LogP contribution in [0.15, 0.2) is 24.3 Å². The summed E-state index contributed by atoms with van der Waals surface area (Å²) in [4.78, 5) is 11.0. The van der Waals surface area contributed by atoms with E-state index in [9.17, 15) is 20.1 Å². The summed E-state index contributed by atoms with van der Waals surface area (Å²) in [6.45, 7) is 1.70. The zero-order chi connectivity index (χ0) is 18.7. The highest BCUT2D eigenvalue weighted by Gasteiger charge is 2.39. The summed E-state index contributed by atoms with van der Waals surface area (Å²) < 4.78 is 0. The number of allylic oxidation sites excluding steroid dienone is 2. The highest BCUT2D eigenvalue weighted by atomic mass is 16.3. The topological polar surface area (TPSA) is 98.0 Å². The minimum atomic E-state index is -0.594. The fourth-order valence-electron chi connectivity index (χ4n) is 3.36. The summed E-state index contributed by atoms with van der Waals surface area (Å²) in [5.41, 5.74) is 0. The maximum atomic E-state index is 11.0. The Morgan fingerprint density at radius 3 is 2.64 bits per heavy atom. The lowest BCUT2D eigenvalue weighted by atomic mass is 9.89. The van der Waals surface area contributed by atoms with Crippen molar-refractivity contribution in [3.8, 4) is 0 Å². The Bertz CT molecular complexity index is 432. The summed E-state index contributed by atoms with van der Waals surface area (Å²) in [5, 5.41) is 39.0. The lowest BCUT2D eigenvalue weighted by Crippen LogP contribution is -2.20. The van der Waals surface area contributed by atoms with Crippen molar-refractivity contribution >= 4 is 5.78 Å². The van der Waals surface area contributed by atoms with Crippen molar-refractivity contribution in [2.45, 2.75) is 76.6 Å². The Balaban J connectivity index is 2.49. The van der Waals surface area contributed by atoms with E-state index in [-0.39, 0.29) is 17.6 Å². The Kier molecular flexibility index (Phi) is 10.9. The van der Waals surface area contributed by atoms with Gasteiger partial charge in [-0.1, -0.05) is 50.5 Å². The molecule has 5 nitrogen and oxygen atoms in total. The van der Waals surface area contributed by atoms with Crippen LogP contribution in [-0.2, 0) is 4.79 Å². The molecule has 0 aromatic heterocycles. The molecule has 0 spiro atoms. The number of hydrogen-bond acceptors (Lipinski definition) is 5. The summed E-state index contributed by atoms with van der Waals surface area (Å²) in [7, 11) is 0. The molecule has 0 aromatic carbocycles. The van der Waals surface area contributed by atoms with E-state index >= 15 is 0 Å². The minimum absolute atomic E-state index is 0.0844. The monoisotopic (exact) mass is 354 g/mol. The normalized spacial score (nSPS) is 28.2. The SMILES string of the molecule is CCCCC[C@H](O)/C=C/[C@@H]1[C@@H](C/C=C\CCC(=O)CO)[C@@H](O)C[C@H]1O. The number of Topliss-reactive ketones (excluding diaryl/α,β-unsaturated/α-hetero) is 1. The lowest BCUT2D eigenvalue weighted by molar-refractivity contribution is -0.121. The number of ketones is 1. The maximum Gasteiger partial charge on any atom is 0.158 e. The highest BCUT2D eigenvalue weighted by Crippen LogP contribution is 2.36. The first-order valence-electron chi connectivity index (χ1n) is 9.49. The Morgan fingerprint density at radius 2 is 1.96 bits per heavy atom. The zero-order valence-corrected chi connectivity index (χ0v) is 15.3. The second-order valence-corrected chi connectivity index (χ2v) is 7.00. The molecule has 0 bridgehead atoms. The van der Waals surface area contributed by atoms with E-state index in [1.165, 1.54) is 0 Å². The van der Waals surface area contributed by atoms with Crippen molar-refractivity contribution in [3.05, 3.63) is 24.3 Å². The van der Waals surface area contributed by atoms with Crippen LogP contribution in [0.1, 0.15) is 58.3 Å². The smallest absolute Gasteiger partial charge is 0.158 e. The number of carbonyl (C=O) groups excluding carboxylic acids is 1. The summed E-state index contributed by atoms with van der Waals surface area (Å²) >= 11 is 0. The molecule has 5 heteroatoms. The molecule has 0 unspecified atom stereocenters. The number of hydrogen-bond donors (Lipinski definition) is 4. The molecule has 0 saturated heterocycles. The molecule has 1 fully saturated rings. The number of aliphatic hydroxyl groups is 4. The number of rotatable bonds is 12. The van der Waals surface area contributed by atoms with E-state index < -0.39 is 24.9 Å². The van der Waals surface area contributed by atoms with Crippen LogP contribution in [0.5, 0.6) is 0 Å². The van der Waals surface area contributed by atoms with Crippen molar-refractivity contribution in [2.75, 3.05) is 6.61 Å². The molecule has 4 N–H and O–H groups in total. The molecular weight excluding hydrogens is 320 g/mol. The molecule has 1 rings (SSSR count). The third-order valence-electron chi connectivity index (χ3n) is 4.92. The number of carbonyl (C=O) groups is 1. The van der Waals surface area contributed by atoms with E-state index in [0.717, 1.165) is 25.7 Å².